The van der Waals surface area contributed by atoms with E-state index in [0.29, 0.717) is 23.8 Å². The first-order valence-corrected chi connectivity index (χ1v) is 9.25. The van der Waals surface area contributed by atoms with E-state index in [-0.39, 0.29) is 11.0 Å². The van der Waals surface area contributed by atoms with E-state index in [1.54, 1.807) is 18.2 Å². The molecule has 0 saturated carbocycles. The van der Waals surface area contributed by atoms with E-state index in [1.165, 1.54) is 0 Å². The van der Waals surface area contributed by atoms with E-state index in [1.807, 2.05) is 30.3 Å². The van der Waals surface area contributed by atoms with Crippen molar-refractivity contribution in [1.82, 2.24) is 5.32 Å². The molecule has 0 heterocycles. The Balaban J connectivity index is 1.97. The molecule has 0 saturated heterocycles. The molecule has 2 aromatic carbocycles. The summed E-state index contributed by atoms with van der Waals surface area (Å²) in [6, 6.07) is 14.7. The zero-order valence-corrected chi connectivity index (χ0v) is 16.6. The van der Waals surface area contributed by atoms with Crippen molar-refractivity contribution in [2.75, 3.05) is 11.9 Å². The smallest absolute Gasteiger partial charge is 0.261 e. The van der Waals surface area contributed by atoms with Gasteiger partial charge in [-0.25, -0.2) is 0 Å². The Morgan fingerprint density at radius 3 is 2.52 bits per heavy atom. The lowest BCUT2D eigenvalue weighted by Crippen LogP contribution is -2.34. The first-order valence-electron chi connectivity index (χ1n) is 8.05. The number of benzene rings is 2. The van der Waals surface area contributed by atoms with Gasteiger partial charge in [0.2, 0.25) is 0 Å². The number of hydrogen-bond donors (Lipinski definition) is 2. The van der Waals surface area contributed by atoms with Gasteiger partial charge >= 0.3 is 0 Å². The van der Waals surface area contributed by atoms with Gasteiger partial charge in [0, 0.05) is 10.2 Å². The third kappa shape index (κ3) is 6.48. The lowest BCUT2D eigenvalue weighted by Gasteiger charge is -2.13. The van der Waals surface area contributed by atoms with Crippen LogP contribution in [-0.4, -0.2) is 17.6 Å². The van der Waals surface area contributed by atoms with Crippen LogP contribution in [0.1, 0.15) is 30.6 Å². The number of nitrogens with one attached hydrogen (secondary N) is 2. The van der Waals surface area contributed by atoms with Crippen LogP contribution >= 0.6 is 28.1 Å². The molecule has 0 aromatic heterocycles. The van der Waals surface area contributed by atoms with Crippen LogP contribution in [0.25, 0.3) is 0 Å². The largest absolute Gasteiger partial charge is 0.493 e. The molecule has 132 valence electrons. The Morgan fingerprint density at radius 2 is 1.84 bits per heavy atom. The number of hydrogen-bond acceptors (Lipinski definition) is 3. The second-order valence-corrected chi connectivity index (χ2v) is 7.27. The number of para-hydroxylation sites is 1. The molecular weight excluding hydrogens is 400 g/mol. The Hall–Kier alpha value is -1.92. The first kappa shape index (κ1) is 19.4. The predicted octanol–water partition coefficient (Wildman–Crippen LogP) is 5.00. The van der Waals surface area contributed by atoms with Gasteiger partial charge in [0.05, 0.1) is 12.2 Å². The minimum absolute atomic E-state index is 0.240. The van der Waals surface area contributed by atoms with Crippen LogP contribution in [0, 0.1) is 5.92 Å². The number of carbonyl (C=O) groups is 1. The van der Waals surface area contributed by atoms with Crippen LogP contribution in [0.15, 0.2) is 53.0 Å². The van der Waals surface area contributed by atoms with Gasteiger partial charge in [0.25, 0.3) is 5.91 Å². The number of carbonyl (C=O) groups excluding carboxylic acids is 1. The van der Waals surface area contributed by atoms with Crippen molar-refractivity contribution in [3.8, 4) is 5.75 Å². The van der Waals surface area contributed by atoms with Crippen molar-refractivity contribution in [3.05, 3.63) is 58.6 Å². The summed E-state index contributed by atoms with van der Waals surface area (Å²) < 4.78 is 6.73. The highest BCUT2D eigenvalue weighted by molar-refractivity contribution is 9.10. The molecule has 0 fully saturated rings. The van der Waals surface area contributed by atoms with Gasteiger partial charge < -0.3 is 10.1 Å². The third-order valence-corrected chi connectivity index (χ3v) is 4.15. The maximum absolute atomic E-state index is 12.5. The maximum Gasteiger partial charge on any atom is 0.261 e. The third-order valence-electron chi connectivity index (χ3n) is 3.41. The minimum atomic E-state index is -0.297. The molecule has 0 unspecified atom stereocenters. The fourth-order valence-electron chi connectivity index (χ4n) is 2.05. The fourth-order valence-corrected chi connectivity index (χ4v) is 2.53. The summed E-state index contributed by atoms with van der Waals surface area (Å²) in [5.41, 5.74) is 1.26. The van der Waals surface area contributed by atoms with E-state index in [2.05, 4.69) is 40.4 Å². The van der Waals surface area contributed by atoms with E-state index < -0.39 is 0 Å². The van der Waals surface area contributed by atoms with E-state index in [9.17, 15) is 4.79 Å². The number of rotatable bonds is 6. The Morgan fingerprint density at radius 1 is 1.16 bits per heavy atom. The highest BCUT2D eigenvalue weighted by Gasteiger charge is 2.13. The summed E-state index contributed by atoms with van der Waals surface area (Å²) in [6.07, 6.45) is 0.930. The van der Waals surface area contributed by atoms with Crippen LogP contribution in [0.2, 0.25) is 0 Å². The predicted molar refractivity (Wildman–Crippen MR) is 109 cm³/mol. The standard InChI is InChI=1S/C19H21BrN2O2S/c1-13(2)11-12-24-17-6-4-3-5-16(17)18(23)22-19(25)21-15-9-7-14(20)8-10-15/h3-10,13H,11-12H2,1-2H3,(H2,21,22,23,25). The molecule has 0 bridgehead atoms. The summed E-state index contributed by atoms with van der Waals surface area (Å²) in [7, 11) is 0. The van der Waals surface area contributed by atoms with Crippen molar-refractivity contribution in [1.29, 1.82) is 0 Å². The van der Waals surface area contributed by atoms with Gasteiger partial charge in [-0.2, -0.15) is 0 Å². The second kappa shape index (κ2) is 9.53. The second-order valence-electron chi connectivity index (χ2n) is 5.94. The summed E-state index contributed by atoms with van der Waals surface area (Å²) in [6.45, 7) is 4.84. The number of ether oxygens (including phenoxy) is 1. The molecular formula is C19H21BrN2O2S. The molecule has 0 spiro atoms. The van der Waals surface area contributed by atoms with E-state index in [4.69, 9.17) is 17.0 Å². The van der Waals surface area contributed by atoms with Crippen molar-refractivity contribution in [2.45, 2.75) is 20.3 Å². The lowest BCUT2D eigenvalue weighted by molar-refractivity contribution is 0.0973. The number of amides is 1. The van der Waals surface area contributed by atoms with Crippen molar-refractivity contribution in [3.63, 3.8) is 0 Å². The normalized spacial score (nSPS) is 10.4. The molecule has 6 heteroatoms. The van der Waals surface area contributed by atoms with Crippen LogP contribution < -0.4 is 15.4 Å². The lowest BCUT2D eigenvalue weighted by atomic mass is 10.1. The quantitative estimate of drug-likeness (QED) is 0.645. The average molecular weight is 421 g/mol. The van der Waals surface area contributed by atoms with Gasteiger partial charge in [0.1, 0.15) is 5.75 Å². The van der Waals surface area contributed by atoms with Crippen LogP contribution in [0.4, 0.5) is 5.69 Å². The zero-order valence-electron chi connectivity index (χ0n) is 14.2. The molecule has 0 aliphatic carbocycles. The van der Waals surface area contributed by atoms with E-state index in [0.717, 1.165) is 16.6 Å². The molecule has 0 aliphatic rings. The molecule has 0 aliphatic heterocycles. The Labute approximate surface area is 162 Å². The minimum Gasteiger partial charge on any atom is -0.493 e. The molecule has 2 N–H and O–H groups in total. The summed E-state index contributed by atoms with van der Waals surface area (Å²) in [5.74, 6) is 0.811. The molecule has 25 heavy (non-hydrogen) atoms. The Bertz CT molecular complexity index is 732. The van der Waals surface area contributed by atoms with Gasteiger partial charge in [-0.1, -0.05) is 41.9 Å². The highest BCUT2D eigenvalue weighted by Crippen LogP contribution is 2.19. The fraction of sp³-hybridized carbons (Fsp3) is 0.263. The topological polar surface area (TPSA) is 50.4 Å². The molecule has 1 amide bonds. The molecule has 2 rings (SSSR count). The van der Waals surface area contributed by atoms with Gasteiger partial charge in [-0.05, 0) is 61.0 Å². The SMILES string of the molecule is CC(C)CCOc1ccccc1C(=O)NC(=S)Nc1ccc(Br)cc1. The molecule has 4 nitrogen and oxygen atoms in total. The van der Waals surface area contributed by atoms with Gasteiger partial charge in [0.15, 0.2) is 5.11 Å². The Kier molecular flexibility index (Phi) is 7.40. The summed E-state index contributed by atoms with van der Waals surface area (Å²) in [4.78, 5) is 12.5. The van der Waals surface area contributed by atoms with Crippen LogP contribution in [0.3, 0.4) is 0 Å². The molecule has 2 aromatic rings. The van der Waals surface area contributed by atoms with Crippen LogP contribution in [0.5, 0.6) is 5.75 Å². The number of thiocarbonyl (C=S) groups is 1. The van der Waals surface area contributed by atoms with Crippen LogP contribution in [-0.2, 0) is 0 Å². The monoisotopic (exact) mass is 420 g/mol. The zero-order chi connectivity index (χ0) is 18.2. The average Bonchev–Trinajstić information content (AvgIpc) is 2.57. The van der Waals surface area contributed by atoms with Gasteiger partial charge in [-0.3, -0.25) is 10.1 Å². The van der Waals surface area contributed by atoms with Gasteiger partial charge in [-0.15, -0.1) is 0 Å². The van der Waals surface area contributed by atoms with Crippen molar-refractivity contribution in [2.24, 2.45) is 5.92 Å². The summed E-state index contributed by atoms with van der Waals surface area (Å²) >= 11 is 8.59. The molecule has 0 radical (unpaired) electrons. The molecule has 0 atom stereocenters. The van der Waals surface area contributed by atoms with Crippen molar-refractivity contribution < 1.29 is 9.53 Å². The van der Waals surface area contributed by atoms with E-state index >= 15 is 0 Å². The summed E-state index contributed by atoms with van der Waals surface area (Å²) in [5, 5.41) is 5.91. The number of anilines is 1. The van der Waals surface area contributed by atoms with Crippen molar-refractivity contribution >= 4 is 44.9 Å². The highest BCUT2D eigenvalue weighted by atomic mass is 79.9. The maximum atomic E-state index is 12.5. The first-order chi connectivity index (χ1) is 12.0. The number of halogens is 1.